The van der Waals surface area contributed by atoms with Gasteiger partial charge in [-0.25, -0.2) is 0 Å². The quantitative estimate of drug-likeness (QED) is 0.777. The van der Waals surface area contributed by atoms with Gasteiger partial charge in [0.05, 0.1) is 9.90 Å². The normalized spacial score (nSPS) is 10.6. The van der Waals surface area contributed by atoms with E-state index in [0.717, 1.165) is 10.4 Å². The summed E-state index contributed by atoms with van der Waals surface area (Å²) in [5, 5.41) is 10.6. The van der Waals surface area contributed by atoms with E-state index in [4.69, 9.17) is 11.6 Å². The lowest BCUT2D eigenvalue weighted by Crippen LogP contribution is -2.11. The summed E-state index contributed by atoms with van der Waals surface area (Å²) in [5.74, 6) is -0.225. The lowest BCUT2D eigenvalue weighted by Gasteiger charge is -2.01. The van der Waals surface area contributed by atoms with Crippen molar-refractivity contribution in [3.63, 3.8) is 0 Å². The number of aromatic amines is 1. The average molecular weight is 311 g/mol. The highest BCUT2D eigenvalue weighted by Gasteiger charge is 2.16. The van der Waals surface area contributed by atoms with Gasteiger partial charge in [-0.2, -0.15) is 0 Å². The molecular weight excluding hydrogens is 304 g/mol. The molecule has 3 aromatic rings. The predicted octanol–water partition coefficient (Wildman–Crippen LogP) is 3.50. The summed E-state index contributed by atoms with van der Waals surface area (Å²) in [6, 6.07) is 3.69. The Morgan fingerprint density at radius 1 is 1.37 bits per heavy atom. The highest BCUT2D eigenvalue weighted by atomic mass is 35.5. The van der Waals surface area contributed by atoms with E-state index in [1.165, 1.54) is 22.7 Å². The maximum absolute atomic E-state index is 12.2. The van der Waals surface area contributed by atoms with Crippen LogP contribution >= 0.6 is 34.3 Å². The number of carbonyl (C=O) groups is 1. The maximum Gasteiger partial charge on any atom is 0.259 e. The van der Waals surface area contributed by atoms with E-state index in [1.807, 2.05) is 6.07 Å². The van der Waals surface area contributed by atoms with Gasteiger partial charge in [-0.15, -0.1) is 21.5 Å². The second-order valence-electron chi connectivity index (χ2n) is 3.58. The third-order valence-electron chi connectivity index (χ3n) is 2.41. The van der Waals surface area contributed by atoms with Gasteiger partial charge < -0.3 is 4.98 Å². The third-order valence-corrected chi connectivity index (χ3v) is 4.28. The molecule has 0 spiro atoms. The Bertz CT molecular complexity index is 704. The maximum atomic E-state index is 12.2. The summed E-state index contributed by atoms with van der Waals surface area (Å²) >= 11 is 8.61. The molecule has 8 heteroatoms. The predicted molar refractivity (Wildman–Crippen MR) is 77.0 cm³/mol. The van der Waals surface area contributed by atoms with Gasteiger partial charge in [-0.1, -0.05) is 22.9 Å². The highest BCUT2D eigenvalue weighted by molar-refractivity contribution is 7.19. The second kappa shape index (κ2) is 5.12. The molecule has 3 heterocycles. The molecular formula is C11H7ClN4OS2. The summed E-state index contributed by atoms with van der Waals surface area (Å²) in [5.41, 5.74) is 2.93. The largest absolute Gasteiger partial charge is 0.366 e. The van der Waals surface area contributed by atoms with E-state index in [2.05, 4.69) is 20.5 Å². The van der Waals surface area contributed by atoms with Crippen molar-refractivity contribution in [2.75, 3.05) is 5.32 Å². The molecule has 0 fully saturated rings. The van der Waals surface area contributed by atoms with E-state index in [1.54, 1.807) is 24.0 Å². The fourth-order valence-corrected chi connectivity index (χ4v) is 3.12. The number of H-pyrrole nitrogens is 1. The molecule has 0 radical (unpaired) electrons. The topological polar surface area (TPSA) is 70.7 Å². The zero-order valence-corrected chi connectivity index (χ0v) is 11.8. The number of nitrogens with one attached hydrogen (secondary N) is 2. The van der Waals surface area contributed by atoms with E-state index in [0.29, 0.717) is 15.0 Å². The van der Waals surface area contributed by atoms with Crippen molar-refractivity contribution >= 4 is 45.3 Å². The number of hydrogen-bond donors (Lipinski definition) is 2. The molecule has 0 saturated heterocycles. The minimum Gasteiger partial charge on any atom is -0.366 e. The zero-order valence-electron chi connectivity index (χ0n) is 9.38. The molecule has 2 N–H and O–H groups in total. The van der Waals surface area contributed by atoms with Gasteiger partial charge in [0.15, 0.2) is 0 Å². The molecule has 0 aromatic carbocycles. The first kappa shape index (κ1) is 12.3. The second-order valence-corrected chi connectivity index (χ2v) is 6.13. The van der Waals surface area contributed by atoms with Gasteiger partial charge in [0.2, 0.25) is 5.13 Å². The molecule has 3 aromatic heterocycles. The van der Waals surface area contributed by atoms with Crippen LogP contribution in [0, 0.1) is 0 Å². The number of rotatable bonds is 3. The Labute approximate surface area is 121 Å². The van der Waals surface area contributed by atoms with Crippen LogP contribution in [0.4, 0.5) is 5.13 Å². The standard InChI is InChI=1S/C11H7ClN4OS2/c12-9-2-1-8(19-9)6-3-13-4-7(6)10(17)15-11-16-14-5-18-11/h1-5,13H,(H,15,16,17). The fourth-order valence-electron chi connectivity index (χ4n) is 1.61. The highest BCUT2D eigenvalue weighted by Crippen LogP contribution is 2.33. The molecule has 3 rings (SSSR count). The summed E-state index contributed by atoms with van der Waals surface area (Å²) in [7, 11) is 0. The van der Waals surface area contributed by atoms with Crippen LogP contribution in [0.2, 0.25) is 4.34 Å². The summed E-state index contributed by atoms with van der Waals surface area (Å²) in [6.07, 6.45) is 3.43. The van der Waals surface area contributed by atoms with Crippen LogP contribution in [0.15, 0.2) is 30.0 Å². The van der Waals surface area contributed by atoms with Crippen LogP contribution in [-0.2, 0) is 0 Å². The minimum absolute atomic E-state index is 0.225. The van der Waals surface area contributed by atoms with Gasteiger partial charge in [-0.05, 0) is 12.1 Å². The van der Waals surface area contributed by atoms with Crippen LogP contribution in [0.3, 0.4) is 0 Å². The van der Waals surface area contributed by atoms with Gasteiger partial charge in [0.25, 0.3) is 5.91 Å². The molecule has 0 atom stereocenters. The summed E-state index contributed by atoms with van der Waals surface area (Å²) < 4.78 is 0.687. The third kappa shape index (κ3) is 2.53. The van der Waals surface area contributed by atoms with E-state index in [9.17, 15) is 4.79 Å². The van der Waals surface area contributed by atoms with Crippen LogP contribution in [0.25, 0.3) is 10.4 Å². The van der Waals surface area contributed by atoms with Gasteiger partial charge in [0.1, 0.15) is 5.51 Å². The fraction of sp³-hybridized carbons (Fsp3) is 0. The van der Waals surface area contributed by atoms with Crippen molar-refractivity contribution in [3.8, 4) is 10.4 Å². The molecule has 0 unspecified atom stereocenters. The molecule has 19 heavy (non-hydrogen) atoms. The number of thiophene rings is 1. The van der Waals surface area contributed by atoms with Crippen LogP contribution in [0.5, 0.6) is 0 Å². The molecule has 0 aliphatic rings. The van der Waals surface area contributed by atoms with Crippen molar-refractivity contribution in [2.24, 2.45) is 0 Å². The van der Waals surface area contributed by atoms with Crippen molar-refractivity contribution in [1.29, 1.82) is 0 Å². The molecule has 5 nitrogen and oxygen atoms in total. The van der Waals surface area contributed by atoms with Gasteiger partial charge in [0, 0.05) is 22.8 Å². The van der Waals surface area contributed by atoms with E-state index in [-0.39, 0.29) is 5.91 Å². The Morgan fingerprint density at radius 3 is 2.95 bits per heavy atom. The number of nitrogens with zero attached hydrogens (tertiary/aromatic N) is 2. The lowest BCUT2D eigenvalue weighted by atomic mass is 10.1. The van der Waals surface area contributed by atoms with Crippen molar-refractivity contribution in [2.45, 2.75) is 0 Å². The van der Waals surface area contributed by atoms with Crippen LogP contribution in [0.1, 0.15) is 10.4 Å². The van der Waals surface area contributed by atoms with Crippen molar-refractivity contribution in [1.82, 2.24) is 15.2 Å². The number of hydrogen-bond acceptors (Lipinski definition) is 5. The first-order valence-electron chi connectivity index (χ1n) is 5.24. The number of anilines is 1. The smallest absolute Gasteiger partial charge is 0.259 e. The minimum atomic E-state index is -0.225. The summed E-state index contributed by atoms with van der Waals surface area (Å²) in [4.78, 5) is 16.0. The summed E-state index contributed by atoms with van der Waals surface area (Å²) in [6.45, 7) is 0. The Hall–Kier alpha value is -1.70. The van der Waals surface area contributed by atoms with Crippen LogP contribution in [-0.4, -0.2) is 21.1 Å². The molecule has 0 aliphatic heterocycles. The van der Waals surface area contributed by atoms with Gasteiger partial charge >= 0.3 is 0 Å². The molecule has 96 valence electrons. The number of halogens is 1. The first-order chi connectivity index (χ1) is 9.24. The monoisotopic (exact) mass is 310 g/mol. The van der Waals surface area contributed by atoms with Crippen molar-refractivity contribution in [3.05, 3.63) is 39.9 Å². The number of carbonyl (C=O) groups excluding carboxylic acids is 1. The Balaban J connectivity index is 1.89. The first-order valence-corrected chi connectivity index (χ1v) is 7.31. The average Bonchev–Trinajstić information content (AvgIpc) is 3.07. The number of amides is 1. The molecule has 0 saturated carbocycles. The Kier molecular flexibility index (Phi) is 3.33. The van der Waals surface area contributed by atoms with E-state index >= 15 is 0 Å². The SMILES string of the molecule is O=C(Nc1nncs1)c1c[nH]cc1-c1ccc(Cl)s1. The molecule has 1 amide bonds. The van der Waals surface area contributed by atoms with Crippen molar-refractivity contribution < 1.29 is 4.79 Å². The lowest BCUT2D eigenvalue weighted by molar-refractivity contribution is 0.102. The molecule has 0 aliphatic carbocycles. The number of aromatic nitrogens is 3. The van der Waals surface area contributed by atoms with E-state index < -0.39 is 0 Å². The zero-order chi connectivity index (χ0) is 13.2. The van der Waals surface area contributed by atoms with Gasteiger partial charge in [-0.3, -0.25) is 10.1 Å². The van der Waals surface area contributed by atoms with Crippen LogP contribution < -0.4 is 5.32 Å². The molecule has 0 bridgehead atoms. The Morgan fingerprint density at radius 2 is 2.26 bits per heavy atom.